The van der Waals surface area contributed by atoms with Gasteiger partial charge in [0.15, 0.2) is 0 Å². The second-order valence-corrected chi connectivity index (χ2v) is 9.74. The van der Waals surface area contributed by atoms with Crippen molar-refractivity contribution >= 4 is 35.1 Å². The molecule has 11 N–H and O–H groups in total. The number of hydrogen-bond acceptors (Lipinski definition) is 12. The lowest BCUT2D eigenvalue weighted by molar-refractivity contribution is -0.116. The molecule has 13 nitrogen and oxygen atoms in total. The van der Waals surface area contributed by atoms with Crippen LogP contribution in [0.25, 0.3) is 0 Å². The first-order valence-corrected chi connectivity index (χ1v) is 12.4. The molecule has 2 aromatic rings. The topological polar surface area (TPSA) is 211 Å². The number of phenolic OH excluding ortho intramolecular Hbond substituents is 1. The molecule has 0 saturated carbocycles. The van der Waals surface area contributed by atoms with E-state index < -0.39 is 0 Å². The third-order valence-corrected chi connectivity index (χ3v) is 6.21. The molecule has 0 radical (unpaired) electrons. The summed E-state index contributed by atoms with van der Waals surface area (Å²) in [6.45, 7) is 4.20. The Balaban J connectivity index is 1.61. The van der Waals surface area contributed by atoms with Crippen molar-refractivity contribution in [3.05, 3.63) is 18.2 Å². The molecule has 36 heavy (non-hydrogen) atoms. The molecular weight excluding hydrogens is 462 g/mol. The number of aromatic hydroxyl groups is 1. The van der Waals surface area contributed by atoms with Gasteiger partial charge in [-0.2, -0.15) is 15.0 Å². The van der Waals surface area contributed by atoms with Crippen molar-refractivity contribution in [2.24, 2.45) is 22.9 Å². The van der Waals surface area contributed by atoms with Crippen LogP contribution in [0.2, 0.25) is 0 Å². The van der Waals surface area contributed by atoms with Crippen LogP contribution in [0.4, 0.5) is 29.2 Å². The minimum atomic E-state index is -0.156. The zero-order valence-corrected chi connectivity index (χ0v) is 20.6. The first kappa shape index (κ1) is 25.8. The van der Waals surface area contributed by atoms with E-state index in [0.717, 1.165) is 19.3 Å². The molecule has 0 spiro atoms. The summed E-state index contributed by atoms with van der Waals surface area (Å²) in [6, 6.07) is 4.50. The van der Waals surface area contributed by atoms with Gasteiger partial charge in [0.2, 0.25) is 23.8 Å². The summed E-state index contributed by atoms with van der Waals surface area (Å²) < 4.78 is 0. The van der Waals surface area contributed by atoms with Gasteiger partial charge in [-0.3, -0.25) is 4.79 Å². The molecular formula is C23H37N11O2. The van der Waals surface area contributed by atoms with Gasteiger partial charge in [-0.1, -0.05) is 6.92 Å². The van der Waals surface area contributed by atoms with Gasteiger partial charge in [0.25, 0.3) is 0 Å². The van der Waals surface area contributed by atoms with Crippen molar-refractivity contribution in [2.75, 3.05) is 46.6 Å². The van der Waals surface area contributed by atoms with E-state index in [-0.39, 0.29) is 41.8 Å². The number of nitrogens with zero attached hydrogens (tertiary/aromatic N) is 5. The summed E-state index contributed by atoms with van der Waals surface area (Å²) in [7, 11) is 0. The Hall–Kier alpha value is -3.26. The van der Waals surface area contributed by atoms with E-state index in [1.807, 2.05) is 16.7 Å². The second kappa shape index (κ2) is 11.2. The van der Waals surface area contributed by atoms with Gasteiger partial charge >= 0.3 is 0 Å². The minimum Gasteiger partial charge on any atom is -0.506 e. The highest BCUT2D eigenvalue weighted by atomic mass is 16.3. The SMILES string of the molecule is CCCC(=O)Nc1ccc(Nc2nc(N3CC(N)CC(N)C3)nc(N3CC(N)CC(N)C3)n2)cc1O. The van der Waals surface area contributed by atoms with Gasteiger partial charge in [0, 0.05) is 68.5 Å². The Morgan fingerprint density at radius 3 is 1.94 bits per heavy atom. The van der Waals surface area contributed by atoms with Gasteiger partial charge in [-0.25, -0.2) is 0 Å². The van der Waals surface area contributed by atoms with E-state index >= 15 is 0 Å². The molecule has 4 unspecified atom stereocenters. The molecule has 0 aliphatic carbocycles. The monoisotopic (exact) mass is 499 g/mol. The number of piperidine rings is 2. The number of nitrogens with one attached hydrogen (secondary N) is 2. The molecule has 3 heterocycles. The number of benzene rings is 1. The van der Waals surface area contributed by atoms with E-state index in [1.54, 1.807) is 12.1 Å². The number of carbonyl (C=O) groups is 1. The van der Waals surface area contributed by atoms with Gasteiger partial charge in [0.05, 0.1) is 5.69 Å². The predicted molar refractivity (Wildman–Crippen MR) is 140 cm³/mol. The quantitative estimate of drug-likeness (QED) is 0.247. The fourth-order valence-electron chi connectivity index (χ4n) is 4.66. The van der Waals surface area contributed by atoms with Crippen LogP contribution in [0.3, 0.4) is 0 Å². The van der Waals surface area contributed by atoms with Crippen molar-refractivity contribution in [3.8, 4) is 5.75 Å². The van der Waals surface area contributed by atoms with Crippen molar-refractivity contribution < 1.29 is 9.90 Å². The van der Waals surface area contributed by atoms with E-state index in [2.05, 4.69) is 20.6 Å². The summed E-state index contributed by atoms with van der Waals surface area (Å²) >= 11 is 0. The van der Waals surface area contributed by atoms with Crippen LogP contribution in [0.5, 0.6) is 5.75 Å². The Morgan fingerprint density at radius 1 is 0.944 bits per heavy atom. The molecule has 2 saturated heterocycles. The highest BCUT2D eigenvalue weighted by Crippen LogP contribution is 2.29. The van der Waals surface area contributed by atoms with Crippen LogP contribution in [0.15, 0.2) is 18.2 Å². The molecule has 4 rings (SSSR count). The average Bonchev–Trinajstić information content (AvgIpc) is 2.79. The second-order valence-electron chi connectivity index (χ2n) is 9.74. The summed E-state index contributed by atoms with van der Waals surface area (Å²) in [5.74, 6) is 0.968. The Bertz CT molecular complexity index is 1000. The van der Waals surface area contributed by atoms with Crippen molar-refractivity contribution in [1.82, 2.24) is 15.0 Å². The first-order valence-electron chi connectivity index (χ1n) is 12.4. The Kier molecular flexibility index (Phi) is 8.04. The van der Waals surface area contributed by atoms with Crippen LogP contribution in [-0.4, -0.2) is 76.3 Å². The maximum Gasteiger partial charge on any atom is 0.233 e. The maximum atomic E-state index is 11.9. The van der Waals surface area contributed by atoms with Crippen LogP contribution in [-0.2, 0) is 4.79 Å². The first-order chi connectivity index (χ1) is 17.2. The molecule has 2 aliphatic heterocycles. The molecule has 4 atom stereocenters. The lowest BCUT2D eigenvalue weighted by Crippen LogP contribution is -2.54. The smallest absolute Gasteiger partial charge is 0.233 e. The van der Waals surface area contributed by atoms with Crippen LogP contribution in [0, 0.1) is 0 Å². The van der Waals surface area contributed by atoms with Crippen molar-refractivity contribution in [2.45, 2.75) is 56.8 Å². The predicted octanol–water partition coefficient (Wildman–Crippen LogP) is -0.211. The number of aromatic nitrogens is 3. The van der Waals surface area contributed by atoms with Gasteiger partial charge in [-0.05, 0) is 31.4 Å². The van der Waals surface area contributed by atoms with Crippen molar-refractivity contribution in [1.29, 1.82) is 0 Å². The normalized spacial score (nSPS) is 24.5. The van der Waals surface area contributed by atoms with Crippen LogP contribution < -0.4 is 43.4 Å². The van der Waals surface area contributed by atoms with E-state index in [4.69, 9.17) is 27.9 Å². The number of phenols is 1. The van der Waals surface area contributed by atoms with Crippen LogP contribution >= 0.6 is 0 Å². The summed E-state index contributed by atoms with van der Waals surface area (Å²) in [5.41, 5.74) is 25.7. The standard InChI is InChI=1S/C23H37N11O2/c1-2-3-20(36)29-18-5-4-17(8-19(18)35)28-21-30-22(33-9-13(24)6-14(25)10-33)32-23(31-21)34-11-15(26)7-16(27)12-34/h4-5,8,13-16,35H,2-3,6-7,9-12,24-27H2,1H3,(H,29,36)(H,28,30,31,32). The molecule has 13 heteroatoms. The zero-order chi connectivity index (χ0) is 25.8. The van der Waals surface area contributed by atoms with Crippen molar-refractivity contribution in [3.63, 3.8) is 0 Å². The summed E-state index contributed by atoms with van der Waals surface area (Å²) in [6.07, 6.45) is 2.56. The van der Waals surface area contributed by atoms with E-state index in [9.17, 15) is 9.90 Å². The summed E-state index contributed by atoms with van der Waals surface area (Å²) in [5, 5.41) is 16.3. The third kappa shape index (κ3) is 6.49. The molecule has 1 aromatic carbocycles. The lowest BCUT2D eigenvalue weighted by Gasteiger charge is -2.37. The van der Waals surface area contributed by atoms with E-state index in [0.29, 0.717) is 55.9 Å². The maximum absolute atomic E-state index is 11.9. The van der Waals surface area contributed by atoms with Gasteiger partial charge < -0.3 is 48.5 Å². The Labute approximate surface area is 210 Å². The number of carbonyl (C=O) groups excluding carboxylic acids is 1. The van der Waals surface area contributed by atoms with E-state index in [1.165, 1.54) is 6.07 Å². The average molecular weight is 500 g/mol. The number of nitrogens with two attached hydrogens (primary N) is 4. The molecule has 2 fully saturated rings. The third-order valence-electron chi connectivity index (χ3n) is 6.21. The highest BCUT2D eigenvalue weighted by Gasteiger charge is 2.28. The minimum absolute atomic E-state index is 0.0695. The molecule has 2 aliphatic rings. The zero-order valence-electron chi connectivity index (χ0n) is 20.6. The highest BCUT2D eigenvalue weighted by molar-refractivity contribution is 5.92. The molecule has 1 amide bonds. The van der Waals surface area contributed by atoms with Gasteiger partial charge in [-0.15, -0.1) is 0 Å². The molecule has 0 bridgehead atoms. The fraction of sp³-hybridized carbons (Fsp3) is 0.565. The Morgan fingerprint density at radius 2 is 1.47 bits per heavy atom. The number of rotatable bonds is 7. The lowest BCUT2D eigenvalue weighted by atomic mass is 10.0. The van der Waals surface area contributed by atoms with Crippen LogP contribution in [0.1, 0.15) is 32.6 Å². The number of amides is 1. The fourth-order valence-corrected chi connectivity index (χ4v) is 4.66. The van der Waals surface area contributed by atoms with Gasteiger partial charge in [0.1, 0.15) is 5.75 Å². The summed E-state index contributed by atoms with van der Waals surface area (Å²) in [4.78, 5) is 29.8. The number of anilines is 5. The molecule has 196 valence electrons. The molecule has 1 aromatic heterocycles. The number of hydrogen-bond donors (Lipinski definition) is 7. The largest absolute Gasteiger partial charge is 0.506 e.